The third kappa shape index (κ3) is 5.63. The molecule has 0 aromatic heterocycles. The van der Waals surface area contributed by atoms with Crippen LogP contribution in [-0.4, -0.2) is 42.9 Å². The zero-order valence-electron chi connectivity index (χ0n) is 11.9. The number of hydrogen-bond acceptors (Lipinski definition) is 3. The van der Waals surface area contributed by atoms with E-state index in [1.165, 1.54) is 5.56 Å². The summed E-state index contributed by atoms with van der Waals surface area (Å²) in [6.45, 7) is 8.26. The Morgan fingerprint density at radius 2 is 2.06 bits per heavy atom. The largest absolute Gasteiger partial charge is 0.387 e. The van der Waals surface area contributed by atoms with Gasteiger partial charge in [-0.3, -0.25) is 0 Å². The molecule has 18 heavy (non-hydrogen) atoms. The summed E-state index contributed by atoms with van der Waals surface area (Å²) < 4.78 is 5.50. The molecule has 3 nitrogen and oxygen atoms in total. The van der Waals surface area contributed by atoms with Crippen molar-refractivity contribution in [1.82, 2.24) is 4.90 Å². The summed E-state index contributed by atoms with van der Waals surface area (Å²) in [6, 6.07) is 8.02. The molecule has 0 saturated heterocycles. The fourth-order valence-corrected chi connectivity index (χ4v) is 1.81. The first-order valence-corrected chi connectivity index (χ1v) is 6.54. The number of aliphatic hydroxyl groups excluding tert-OH is 1. The van der Waals surface area contributed by atoms with E-state index >= 15 is 0 Å². The van der Waals surface area contributed by atoms with Crippen LogP contribution in [0, 0.1) is 6.92 Å². The third-order valence-corrected chi connectivity index (χ3v) is 2.84. The lowest BCUT2D eigenvalue weighted by atomic mass is 10.1. The van der Waals surface area contributed by atoms with Crippen molar-refractivity contribution in [2.45, 2.75) is 33.0 Å². The van der Waals surface area contributed by atoms with E-state index in [2.05, 4.69) is 4.90 Å². The van der Waals surface area contributed by atoms with Crippen LogP contribution in [0.3, 0.4) is 0 Å². The maximum absolute atomic E-state index is 10.1. The van der Waals surface area contributed by atoms with Gasteiger partial charge >= 0.3 is 0 Å². The maximum Gasteiger partial charge on any atom is 0.0916 e. The first-order chi connectivity index (χ1) is 8.49. The summed E-state index contributed by atoms with van der Waals surface area (Å²) in [7, 11) is 2.00. The molecular formula is C15H25NO2. The zero-order chi connectivity index (χ0) is 13.5. The standard InChI is InChI=1S/C15H25NO2/c1-12(2)18-9-8-16(4)11-15(17)14-7-5-6-13(3)10-14/h5-7,10,12,15,17H,8-9,11H2,1-4H3. The summed E-state index contributed by atoms with van der Waals surface area (Å²) in [5.41, 5.74) is 2.16. The van der Waals surface area contributed by atoms with Crippen LogP contribution in [0.5, 0.6) is 0 Å². The molecule has 0 aliphatic heterocycles. The summed E-state index contributed by atoms with van der Waals surface area (Å²) >= 11 is 0. The van der Waals surface area contributed by atoms with E-state index in [0.29, 0.717) is 13.2 Å². The van der Waals surface area contributed by atoms with Gasteiger partial charge in [-0.2, -0.15) is 0 Å². The van der Waals surface area contributed by atoms with Crippen LogP contribution in [0.15, 0.2) is 24.3 Å². The summed E-state index contributed by atoms with van der Waals surface area (Å²) in [5.74, 6) is 0. The van der Waals surface area contributed by atoms with E-state index in [9.17, 15) is 5.11 Å². The number of aliphatic hydroxyl groups is 1. The molecule has 0 spiro atoms. The average molecular weight is 251 g/mol. The van der Waals surface area contributed by atoms with Gasteiger partial charge in [0.05, 0.1) is 18.8 Å². The third-order valence-electron chi connectivity index (χ3n) is 2.84. The van der Waals surface area contributed by atoms with E-state index in [0.717, 1.165) is 12.1 Å². The monoisotopic (exact) mass is 251 g/mol. The zero-order valence-corrected chi connectivity index (χ0v) is 11.9. The van der Waals surface area contributed by atoms with Gasteiger partial charge < -0.3 is 14.7 Å². The number of likely N-dealkylation sites (N-methyl/N-ethyl adjacent to an activating group) is 1. The molecule has 3 heteroatoms. The molecular weight excluding hydrogens is 226 g/mol. The summed E-state index contributed by atoms with van der Waals surface area (Å²) in [4.78, 5) is 2.09. The van der Waals surface area contributed by atoms with E-state index in [1.54, 1.807) is 0 Å². The van der Waals surface area contributed by atoms with Crippen molar-refractivity contribution in [3.05, 3.63) is 35.4 Å². The topological polar surface area (TPSA) is 32.7 Å². The van der Waals surface area contributed by atoms with Gasteiger partial charge in [0.25, 0.3) is 0 Å². The summed E-state index contributed by atoms with van der Waals surface area (Å²) in [5, 5.41) is 10.1. The highest BCUT2D eigenvalue weighted by molar-refractivity contribution is 5.24. The van der Waals surface area contributed by atoms with Gasteiger partial charge in [0.2, 0.25) is 0 Å². The normalized spacial score (nSPS) is 13.3. The van der Waals surface area contributed by atoms with Crippen LogP contribution in [-0.2, 0) is 4.74 Å². The first-order valence-electron chi connectivity index (χ1n) is 6.54. The van der Waals surface area contributed by atoms with Crippen molar-refractivity contribution in [3.8, 4) is 0 Å². The molecule has 0 radical (unpaired) electrons. The Bertz CT molecular complexity index is 352. The highest BCUT2D eigenvalue weighted by Gasteiger charge is 2.10. The minimum absolute atomic E-state index is 0.264. The number of nitrogens with zero attached hydrogens (tertiary/aromatic N) is 1. The molecule has 102 valence electrons. The summed E-state index contributed by atoms with van der Waals surface area (Å²) in [6.07, 6.45) is -0.172. The molecule has 0 aliphatic carbocycles. The van der Waals surface area contributed by atoms with Crippen molar-refractivity contribution in [1.29, 1.82) is 0 Å². The number of ether oxygens (including phenoxy) is 1. The fraction of sp³-hybridized carbons (Fsp3) is 0.600. The predicted octanol–water partition coefficient (Wildman–Crippen LogP) is 2.39. The fourth-order valence-electron chi connectivity index (χ4n) is 1.81. The molecule has 1 aromatic carbocycles. The van der Waals surface area contributed by atoms with Crippen molar-refractivity contribution in [3.63, 3.8) is 0 Å². The minimum Gasteiger partial charge on any atom is -0.387 e. The molecule has 0 heterocycles. The number of aryl methyl sites for hydroxylation is 1. The first kappa shape index (κ1) is 15.2. The molecule has 0 bridgehead atoms. The smallest absolute Gasteiger partial charge is 0.0916 e. The Morgan fingerprint density at radius 3 is 2.67 bits per heavy atom. The van der Waals surface area contributed by atoms with Crippen molar-refractivity contribution in [2.24, 2.45) is 0 Å². The van der Waals surface area contributed by atoms with Crippen LogP contribution in [0.25, 0.3) is 0 Å². The molecule has 1 N–H and O–H groups in total. The van der Waals surface area contributed by atoms with Crippen LogP contribution >= 0.6 is 0 Å². The highest BCUT2D eigenvalue weighted by atomic mass is 16.5. The number of benzene rings is 1. The molecule has 1 rings (SSSR count). The predicted molar refractivity (Wildman–Crippen MR) is 74.7 cm³/mol. The molecule has 1 aromatic rings. The van der Waals surface area contributed by atoms with Crippen LogP contribution in [0.2, 0.25) is 0 Å². The van der Waals surface area contributed by atoms with Gasteiger partial charge in [-0.15, -0.1) is 0 Å². The van der Waals surface area contributed by atoms with Crippen LogP contribution in [0.4, 0.5) is 0 Å². The second-order valence-electron chi connectivity index (χ2n) is 5.11. The van der Waals surface area contributed by atoms with E-state index in [1.807, 2.05) is 52.1 Å². The van der Waals surface area contributed by atoms with Crippen molar-refractivity contribution in [2.75, 3.05) is 26.7 Å². The van der Waals surface area contributed by atoms with Gasteiger partial charge in [0, 0.05) is 13.1 Å². The molecule has 1 atom stereocenters. The SMILES string of the molecule is Cc1cccc(C(O)CN(C)CCOC(C)C)c1. The minimum atomic E-state index is -0.436. The van der Waals surface area contributed by atoms with Gasteiger partial charge in [0.1, 0.15) is 0 Å². The molecule has 0 aliphatic rings. The number of hydrogen-bond donors (Lipinski definition) is 1. The van der Waals surface area contributed by atoms with Gasteiger partial charge in [-0.05, 0) is 33.4 Å². The van der Waals surface area contributed by atoms with E-state index in [-0.39, 0.29) is 6.10 Å². The highest BCUT2D eigenvalue weighted by Crippen LogP contribution is 2.15. The van der Waals surface area contributed by atoms with Gasteiger partial charge in [-0.1, -0.05) is 29.8 Å². The Morgan fingerprint density at radius 1 is 1.33 bits per heavy atom. The van der Waals surface area contributed by atoms with Gasteiger partial charge in [-0.25, -0.2) is 0 Å². The van der Waals surface area contributed by atoms with E-state index in [4.69, 9.17) is 4.74 Å². The van der Waals surface area contributed by atoms with E-state index < -0.39 is 6.10 Å². The van der Waals surface area contributed by atoms with Crippen molar-refractivity contribution >= 4 is 0 Å². The molecule has 0 saturated carbocycles. The second-order valence-corrected chi connectivity index (χ2v) is 5.11. The quantitative estimate of drug-likeness (QED) is 0.807. The Labute approximate surface area is 110 Å². The lowest BCUT2D eigenvalue weighted by molar-refractivity contribution is 0.0519. The number of rotatable bonds is 7. The lowest BCUT2D eigenvalue weighted by Crippen LogP contribution is -2.28. The Balaban J connectivity index is 2.37. The lowest BCUT2D eigenvalue weighted by Gasteiger charge is -2.21. The average Bonchev–Trinajstić information content (AvgIpc) is 2.28. The van der Waals surface area contributed by atoms with Crippen molar-refractivity contribution < 1.29 is 9.84 Å². The molecule has 1 unspecified atom stereocenters. The maximum atomic E-state index is 10.1. The molecule has 0 fully saturated rings. The Hall–Kier alpha value is -0.900. The van der Waals surface area contributed by atoms with Crippen LogP contribution < -0.4 is 0 Å². The van der Waals surface area contributed by atoms with Gasteiger partial charge in [0.15, 0.2) is 0 Å². The Kier molecular flexibility index (Phi) is 6.33. The molecule has 0 amide bonds. The second kappa shape index (κ2) is 7.52. The van der Waals surface area contributed by atoms with Crippen LogP contribution in [0.1, 0.15) is 31.1 Å².